The minimum atomic E-state index is -0.550. The molecule has 2 aromatic carbocycles. The zero-order chi connectivity index (χ0) is 26.0. The largest absolute Gasteiger partial charge is 0.493 e. The van der Waals surface area contributed by atoms with E-state index < -0.39 is 6.04 Å². The van der Waals surface area contributed by atoms with Crippen molar-refractivity contribution in [2.24, 2.45) is 0 Å². The minimum absolute atomic E-state index is 0.139. The Morgan fingerprint density at radius 2 is 1.78 bits per heavy atom. The molecule has 1 unspecified atom stereocenters. The van der Waals surface area contributed by atoms with Gasteiger partial charge in [0.05, 0.1) is 51.3 Å². The van der Waals surface area contributed by atoms with Gasteiger partial charge < -0.3 is 23.7 Å². The van der Waals surface area contributed by atoms with Gasteiger partial charge in [-0.05, 0) is 61.2 Å². The smallest absolute Gasteiger partial charge is 0.290 e. The second-order valence-electron chi connectivity index (χ2n) is 9.93. The molecule has 4 rings (SSSR count). The number of fused-ring (bicyclic) bond motifs is 2. The molecular formula is C29H37N2O5+. The summed E-state index contributed by atoms with van der Waals surface area (Å²) in [7, 11) is 5.77. The van der Waals surface area contributed by atoms with Gasteiger partial charge >= 0.3 is 0 Å². The average Bonchev–Trinajstić information content (AvgIpc) is 3.12. The van der Waals surface area contributed by atoms with Crippen LogP contribution in [0.3, 0.4) is 0 Å². The van der Waals surface area contributed by atoms with Crippen molar-refractivity contribution < 1.29 is 23.6 Å². The summed E-state index contributed by atoms with van der Waals surface area (Å²) in [5.74, 6) is 1.13. The third kappa shape index (κ3) is 4.85. The lowest BCUT2D eigenvalue weighted by atomic mass is 9.97. The van der Waals surface area contributed by atoms with Crippen molar-refractivity contribution in [2.45, 2.75) is 46.1 Å². The zero-order valence-corrected chi connectivity index (χ0v) is 22.2. The van der Waals surface area contributed by atoms with Gasteiger partial charge in [0.25, 0.3) is 5.91 Å². The normalized spacial score (nSPS) is 15.1. The number of quaternary nitrogens is 1. The first-order valence-corrected chi connectivity index (χ1v) is 12.8. The molecule has 2 heterocycles. The summed E-state index contributed by atoms with van der Waals surface area (Å²) < 4.78 is 17.7. The average molecular weight is 494 g/mol. The molecule has 1 atom stereocenters. The quantitative estimate of drug-likeness (QED) is 0.436. The SMILES string of the molecule is CCCCOc1ccc(C2c3c(oc4cc(C)c(C)cc4c3=O)C(=O)N2CCC[NH+](C)C)cc1OC. The van der Waals surface area contributed by atoms with E-state index in [1.807, 2.05) is 44.2 Å². The van der Waals surface area contributed by atoms with Crippen LogP contribution in [0.15, 0.2) is 39.5 Å². The van der Waals surface area contributed by atoms with Gasteiger partial charge in [0.15, 0.2) is 16.9 Å². The predicted molar refractivity (Wildman–Crippen MR) is 141 cm³/mol. The third-order valence-corrected chi connectivity index (χ3v) is 6.92. The van der Waals surface area contributed by atoms with Crippen LogP contribution in [0, 0.1) is 13.8 Å². The molecule has 0 saturated carbocycles. The molecule has 0 radical (unpaired) electrons. The number of carbonyl (C=O) groups is 1. The van der Waals surface area contributed by atoms with E-state index in [1.165, 1.54) is 4.90 Å². The molecule has 1 aliphatic heterocycles. The lowest BCUT2D eigenvalue weighted by molar-refractivity contribution is -0.858. The number of unbranched alkanes of at least 4 members (excludes halogenated alkanes) is 1. The lowest BCUT2D eigenvalue weighted by Crippen LogP contribution is -3.05. The fourth-order valence-corrected chi connectivity index (χ4v) is 4.76. The molecule has 0 bridgehead atoms. The van der Waals surface area contributed by atoms with Crippen LogP contribution in [0.2, 0.25) is 0 Å². The highest BCUT2D eigenvalue weighted by molar-refractivity contribution is 5.99. The van der Waals surface area contributed by atoms with Crippen LogP contribution in [-0.4, -0.2) is 51.7 Å². The highest BCUT2D eigenvalue weighted by Gasteiger charge is 2.42. The van der Waals surface area contributed by atoms with Crippen molar-refractivity contribution in [3.05, 3.63) is 68.6 Å². The Morgan fingerprint density at radius 1 is 1.03 bits per heavy atom. The van der Waals surface area contributed by atoms with Crippen molar-refractivity contribution in [1.29, 1.82) is 0 Å². The van der Waals surface area contributed by atoms with Crippen LogP contribution in [0.25, 0.3) is 11.0 Å². The Bertz CT molecular complexity index is 1330. The van der Waals surface area contributed by atoms with E-state index in [4.69, 9.17) is 13.9 Å². The fraction of sp³-hybridized carbons (Fsp3) is 0.448. The molecule has 0 spiro atoms. The topological polar surface area (TPSA) is 73.4 Å². The molecular weight excluding hydrogens is 456 g/mol. The molecule has 3 aromatic rings. The third-order valence-electron chi connectivity index (χ3n) is 6.92. The highest BCUT2D eigenvalue weighted by atomic mass is 16.5. The van der Waals surface area contributed by atoms with Crippen LogP contribution in [-0.2, 0) is 0 Å². The van der Waals surface area contributed by atoms with Gasteiger partial charge in [-0.2, -0.15) is 0 Å². The first-order valence-electron chi connectivity index (χ1n) is 12.8. The number of hydrogen-bond acceptors (Lipinski definition) is 5. The number of hydrogen-bond donors (Lipinski definition) is 1. The van der Waals surface area contributed by atoms with Crippen molar-refractivity contribution >= 4 is 16.9 Å². The number of nitrogens with one attached hydrogen (secondary N) is 1. The number of carbonyl (C=O) groups excluding carboxylic acids is 1. The van der Waals surface area contributed by atoms with Crippen LogP contribution in [0.4, 0.5) is 0 Å². The number of amides is 1. The summed E-state index contributed by atoms with van der Waals surface area (Å²) in [5.41, 5.74) is 3.52. The second kappa shape index (κ2) is 10.7. The van der Waals surface area contributed by atoms with Gasteiger partial charge in [-0.15, -0.1) is 0 Å². The summed E-state index contributed by atoms with van der Waals surface area (Å²) in [6.45, 7) is 8.08. The molecule has 36 heavy (non-hydrogen) atoms. The van der Waals surface area contributed by atoms with Crippen LogP contribution < -0.4 is 19.8 Å². The van der Waals surface area contributed by atoms with Gasteiger partial charge in [0.2, 0.25) is 5.76 Å². The predicted octanol–water partition coefficient (Wildman–Crippen LogP) is 3.68. The van der Waals surface area contributed by atoms with Crippen molar-refractivity contribution in [3.8, 4) is 11.5 Å². The Labute approximate surface area is 212 Å². The summed E-state index contributed by atoms with van der Waals surface area (Å²) in [5, 5.41) is 0.501. The molecule has 1 aromatic heterocycles. The maximum absolute atomic E-state index is 13.8. The van der Waals surface area contributed by atoms with Gasteiger partial charge in [-0.3, -0.25) is 9.59 Å². The standard InChI is InChI=1S/C29H36N2O5/c1-7-8-14-35-22-11-10-20(17-24(22)34-6)26-25-27(32)21-15-18(2)19(3)16-23(21)36-28(25)29(33)31(26)13-9-12-30(4)5/h10-11,15-17,26H,7-9,12-14H2,1-6H3/p+1. The maximum Gasteiger partial charge on any atom is 0.290 e. The van der Waals surface area contributed by atoms with Crippen LogP contribution >= 0.6 is 0 Å². The summed E-state index contributed by atoms with van der Waals surface area (Å²) in [6, 6.07) is 8.82. The Hall–Kier alpha value is -3.32. The number of aryl methyl sites for hydroxylation is 2. The summed E-state index contributed by atoms with van der Waals surface area (Å²) in [4.78, 5) is 30.5. The van der Waals surface area contributed by atoms with Crippen molar-refractivity contribution in [3.63, 3.8) is 0 Å². The van der Waals surface area contributed by atoms with Gasteiger partial charge in [-0.25, -0.2) is 0 Å². The number of ether oxygens (including phenoxy) is 2. The first kappa shape index (κ1) is 25.8. The molecule has 192 valence electrons. The molecule has 7 heteroatoms. The molecule has 1 amide bonds. The van der Waals surface area contributed by atoms with Crippen LogP contribution in [0.1, 0.15) is 65.0 Å². The molecule has 0 saturated heterocycles. The van der Waals surface area contributed by atoms with Crippen molar-refractivity contribution in [1.82, 2.24) is 4.90 Å². The van der Waals surface area contributed by atoms with E-state index in [1.54, 1.807) is 12.0 Å². The second-order valence-corrected chi connectivity index (χ2v) is 9.93. The fourth-order valence-electron chi connectivity index (χ4n) is 4.76. The summed E-state index contributed by atoms with van der Waals surface area (Å²) >= 11 is 0. The monoisotopic (exact) mass is 493 g/mol. The zero-order valence-electron chi connectivity index (χ0n) is 22.2. The maximum atomic E-state index is 13.8. The Balaban J connectivity index is 1.84. The van der Waals surface area contributed by atoms with E-state index >= 15 is 0 Å². The van der Waals surface area contributed by atoms with E-state index in [-0.39, 0.29) is 17.1 Å². The molecule has 7 nitrogen and oxygen atoms in total. The summed E-state index contributed by atoms with van der Waals surface area (Å²) in [6.07, 6.45) is 2.79. The van der Waals surface area contributed by atoms with E-state index in [0.29, 0.717) is 41.2 Å². The van der Waals surface area contributed by atoms with Gasteiger partial charge in [0.1, 0.15) is 5.58 Å². The van der Waals surface area contributed by atoms with Crippen molar-refractivity contribution in [2.75, 3.05) is 40.9 Å². The van der Waals surface area contributed by atoms with Gasteiger partial charge in [0, 0.05) is 13.0 Å². The van der Waals surface area contributed by atoms with E-state index in [9.17, 15) is 9.59 Å². The van der Waals surface area contributed by atoms with E-state index in [2.05, 4.69) is 21.0 Å². The minimum Gasteiger partial charge on any atom is -0.493 e. The van der Waals surface area contributed by atoms with E-state index in [0.717, 1.165) is 42.5 Å². The Morgan fingerprint density at radius 3 is 2.47 bits per heavy atom. The highest BCUT2D eigenvalue weighted by Crippen LogP contribution is 2.41. The number of rotatable bonds is 10. The number of benzene rings is 2. The molecule has 1 N–H and O–H groups in total. The first-order chi connectivity index (χ1) is 17.3. The number of methoxy groups -OCH3 is 1. The lowest BCUT2D eigenvalue weighted by Gasteiger charge is -2.26. The Kier molecular flexibility index (Phi) is 7.69. The number of nitrogens with zero attached hydrogens (tertiary/aromatic N) is 1. The van der Waals surface area contributed by atoms with Crippen LogP contribution in [0.5, 0.6) is 11.5 Å². The molecule has 0 fully saturated rings. The molecule has 0 aliphatic carbocycles. The molecule has 1 aliphatic rings. The van der Waals surface area contributed by atoms with Gasteiger partial charge in [-0.1, -0.05) is 19.4 Å².